The second-order valence-electron chi connectivity index (χ2n) is 8.23. The summed E-state index contributed by atoms with van der Waals surface area (Å²) in [6, 6.07) is 6.63. The molecule has 2 aromatic rings. The van der Waals surface area contributed by atoms with E-state index in [-0.39, 0.29) is 22.2 Å². The summed E-state index contributed by atoms with van der Waals surface area (Å²) in [6.45, 7) is 14.9. The van der Waals surface area contributed by atoms with Gasteiger partial charge in [0.25, 0.3) is 0 Å². The van der Waals surface area contributed by atoms with Crippen molar-refractivity contribution in [2.45, 2.75) is 49.9 Å². The van der Waals surface area contributed by atoms with E-state index in [4.69, 9.17) is 11.6 Å². The van der Waals surface area contributed by atoms with E-state index in [2.05, 4.69) is 68.4 Å². The molecule has 2 nitrogen and oxygen atoms in total. The normalized spacial score (nSPS) is 37.0. The Bertz CT molecular complexity index is 833. The van der Waals surface area contributed by atoms with E-state index < -0.39 is 0 Å². The molecule has 1 aromatic carbocycles. The average Bonchev–Trinajstić information content (AvgIpc) is 2.99. The highest BCUT2D eigenvalue weighted by molar-refractivity contribution is 6.21. The van der Waals surface area contributed by atoms with Gasteiger partial charge in [-0.2, -0.15) is 0 Å². The molecule has 5 atom stereocenters. The Morgan fingerprint density at radius 1 is 1.33 bits per heavy atom. The predicted molar refractivity (Wildman–Crippen MR) is 103 cm³/mol. The fourth-order valence-electron chi connectivity index (χ4n) is 5.32. The summed E-state index contributed by atoms with van der Waals surface area (Å²) in [5, 5.41) is 1.39. The van der Waals surface area contributed by atoms with E-state index in [1.165, 1.54) is 22.0 Å². The van der Waals surface area contributed by atoms with Crippen molar-refractivity contribution in [3.05, 3.63) is 48.2 Å². The molecule has 0 amide bonds. The van der Waals surface area contributed by atoms with Crippen LogP contribution in [0.15, 0.2) is 42.0 Å². The quantitative estimate of drug-likeness (QED) is 0.429. The number of hydrogen-bond acceptors (Lipinski definition) is 1. The summed E-state index contributed by atoms with van der Waals surface area (Å²) in [6.07, 6.45) is 5.14. The molecule has 24 heavy (non-hydrogen) atoms. The number of nitrogens with one attached hydrogen (secondary N) is 1. The van der Waals surface area contributed by atoms with Crippen molar-refractivity contribution in [3.63, 3.8) is 0 Å². The minimum absolute atomic E-state index is 0.0192. The van der Waals surface area contributed by atoms with Gasteiger partial charge < -0.3 is 4.98 Å². The zero-order valence-corrected chi connectivity index (χ0v) is 15.4. The fraction of sp³-hybridized carbons (Fsp3) is 0.476. The van der Waals surface area contributed by atoms with E-state index in [1.54, 1.807) is 0 Å². The summed E-state index contributed by atoms with van der Waals surface area (Å²) < 4.78 is 0. The summed E-state index contributed by atoms with van der Waals surface area (Å²) >= 11 is 6.88. The number of halogens is 1. The van der Waals surface area contributed by atoms with E-state index in [0.29, 0.717) is 11.8 Å². The molecule has 1 saturated carbocycles. The number of aromatic nitrogens is 1. The second-order valence-corrected chi connectivity index (χ2v) is 8.75. The third kappa shape index (κ3) is 1.75. The van der Waals surface area contributed by atoms with Crippen LogP contribution in [0.3, 0.4) is 0 Å². The summed E-state index contributed by atoms with van der Waals surface area (Å²) in [7, 11) is 0. The number of benzene rings is 1. The van der Waals surface area contributed by atoms with Crippen molar-refractivity contribution in [2.24, 2.45) is 16.3 Å². The highest BCUT2D eigenvalue weighted by Crippen LogP contribution is 2.60. The van der Waals surface area contributed by atoms with Crippen molar-refractivity contribution in [1.29, 1.82) is 0 Å². The maximum atomic E-state index is 6.88. The Hall–Kier alpha value is -1.54. The molecule has 126 valence electrons. The molecular weight excluding hydrogens is 316 g/mol. The van der Waals surface area contributed by atoms with Gasteiger partial charge in [0.1, 0.15) is 0 Å². The number of H-pyrrole nitrogens is 1. The van der Waals surface area contributed by atoms with Crippen LogP contribution in [-0.2, 0) is 5.41 Å². The van der Waals surface area contributed by atoms with Gasteiger partial charge in [-0.05, 0) is 41.7 Å². The lowest BCUT2D eigenvalue weighted by molar-refractivity contribution is 0.108. The number of aliphatic imine (C=N–C) groups is 1. The van der Waals surface area contributed by atoms with Crippen LogP contribution >= 0.6 is 11.6 Å². The highest BCUT2D eigenvalue weighted by Gasteiger charge is 2.56. The Labute approximate surface area is 149 Å². The number of nitrogens with zero attached hydrogens (tertiary/aromatic N) is 1. The van der Waals surface area contributed by atoms with Gasteiger partial charge in [-0.15, -0.1) is 18.2 Å². The molecule has 0 saturated heterocycles. The molecule has 1 fully saturated rings. The summed E-state index contributed by atoms with van der Waals surface area (Å²) in [5.74, 6) is 0.761. The van der Waals surface area contributed by atoms with E-state index in [0.717, 1.165) is 6.42 Å². The molecule has 3 heteroatoms. The first-order chi connectivity index (χ1) is 11.4. The third-order valence-electron chi connectivity index (χ3n) is 6.90. The SMILES string of the molecule is C=C[C@@]1(C)[C@H](Cl)C[C@H]2[C@@H](c3c[nH]c4cccc(c34)C2(C)C)[C@H]1N=C. The highest BCUT2D eigenvalue weighted by atomic mass is 35.5. The molecular formula is C21H25ClN2. The van der Waals surface area contributed by atoms with Gasteiger partial charge in [-0.1, -0.05) is 39.0 Å². The number of hydrogen-bond donors (Lipinski definition) is 1. The first kappa shape index (κ1) is 16.0. The maximum absolute atomic E-state index is 6.88. The molecule has 2 aliphatic carbocycles. The van der Waals surface area contributed by atoms with Crippen LogP contribution in [0.5, 0.6) is 0 Å². The third-order valence-corrected chi connectivity index (χ3v) is 7.55. The van der Waals surface area contributed by atoms with Gasteiger partial charge in [0.15, 0.2) is 0 Å². The van der Waals surface area contributed by atoms with Crippen molar-refractivity contribution < 1.29 is 0 Å². The van der Waals surface area contributed by atoms with Gasteiger partial charge in [0.2, 0.25) is 0 Å². The van der Waals surface area contributed by atoms with Crippen LogP contribution in [0.25, 0.3) is 10.9 Å². The lowest BCUT2D eigenvalue weighted by atomic mass is 9.51. The van der Waals surface area contributed by atoms with E-state index in [9.17, 15) is 0 Å². The fourth-order valence-corrected chi connectivity index (χ4v) is 5.73. The van der Waals surface area contributed by atoms with Gasteiger partial charge in [-0.25, -0.2) is 0 Å². The van der Waals surface area contributed by atoms with Crippen molar-refractivity contribution >= 4 is 29.2 Å². The van der Waals surface area contributed by atoms with Crippen LogP contribution in [0.2, 0.25) is 0 Å². The largest absolute Gasteiger partial charge is 0.361 e. The Kier molecular flexibility index (Phi) is 3.31. The minimum atomic E-state index is -0.240. The first-order valence-corrected chi connectivity index (χ1v) is 9.14. The van der Waals surface area contributed by atoms with Crippen LogP contribution in [0.4, 0.5) is 0 Å². The monoisotopic (exact) mass is 340 g/mol. The molecule has 0 unspecified atom stereocenters. The molecule has 4 rings (SSSR count). The molecule has 0 spiro atoms. The zero-order chi connectivity index (χ0) is 17.3. The van der Waals surface area contributed by atoms with E-state index >= 15 is 0 Å². The molecule has 1 aromatic heterocycles. The van der Waals surface area contributed by atoms with Gasteiger partial charge >= 0.3 is 0 Å². The van der Waals surface area contributed by atoms with Crippen molar-refractivity contribution in [1.82, 2.24) is 4.98 Å². The predicted octanol–water partition coefficient (Wildman–Crippen LogP) is 5.43. The number of rotatable bonds is 2. The molecule has 0 aliphatic heterocycles. The molecule has 0 radical (unpaired) electrons. The number of fused-ring (bicyclic) bond motifs is 2. The Morgan fingerprint density at radius 3 is 2.75 bits per heavy atom. The molecule has 1 N–H and O–H groups in total. The Morgan fingerprint density at radius 2 is 2.08 bits per heavy atom. The molecule has 2 aliphatic rings. The molecule has 0 bridgehead atoms. The van der Waals surface area contributed by atoms with Crippen LogP contribution in [0.1, 0.15) is 44.2 Å². The van der Waals surface area contributed by atoms with Crippen LogP contribution in [0, 0.1) is 11.3 Å². The van der Waals surface area contributed by atoms with Gasteiger partial charge in [-0.3, -0.25) is 4.99 Å². The standard InChI is InChI=1S/C21H25ClN2/c1-6-21(4)16(22)10-14-18(19(21)23-5)12-11-24-15-9-7-8-13(17(12)15)20(14,2)3/h6-9,11,14,16,18-19,24H,1,5,10H2,2-4H3/t14-,16+,18+,19+,21-/m0/s1. The van der Waals surface area contributed by atoms with E-state index in [1.807, 2.05) is 6.08 Å². The Balaban J connectivity index is 2.03. The van der Waals surface area contributed by atoms with Crippen LogP contribution < -0.4 is 0 Å². The lowest BCUT2D eigenvalue weighted by Crippen LogP contribution is -2.54. The average molecular weight is 341 g/mol. The smallest absolute Gasteiger partial charge is 0.0666 e. The topological polar surface area (TPSA) is 28.1 Å². The van der Waals surface area contributed by atoms with Gasteiger partial charge in [0.05, 0.1) is 6.04 Å². The minimum Gasteiger partial charge on any atom is -0.361 e. The van der Waals surface area contributed by atoms with Gasteiger partial charge in [0, 0.05) is 33.8 Å². The van der Waals surface area contributed by atoms with Crippen LogP contribution in [-0.4, -0.2) is 23.1 Å². The summed E-state index contributed by atoms with van der Waals surface area (Å²) in [4.78, 5) is 8.06. The number of alkyl halides is 1. The maximum Gasteiger partial charge on any atom is 0.0666 e. The zero-order valence-electron chi connectivity index (χ0n) is 14.6. The number of aromatic amines is 1. The molecule has 1 heterocycles. The second kappa shape index (κ2) is 4.98. The first-order valence-electron chi connectivity index (χ1n) is 8.70. The lowest BCUT2D eigenvalue weighted by Gasteiger charge is -2.55. The van der Waals surface area contributed by atoms with Crippen molar-refractivity contribution in [2.75, 3.05) is 0 Å². The van der Waals surface area contributed by atoms with Crippen molar-refractivity contribution in [3.8, 4) is 0 Å². The summed E-state index contributed by atoms with van der Waals surface area (Å²) in [5.41, 5.74) is 3.82.